The van der Waals surface area contributed by atoms with Gasteiger partial charge in [-0.15, -0.1) is 0 Å². The SMILES string of the molecule is Cc1ccccc1S(=O)(=O)Nc1ccc(N2CCCNCC2)cc1NS(C)(=O)=O. The summed E-state index contributed by atoms with van der Waals surface area (Å²) in [6.45, 7) is 5.09. The van der Waals surface area contributed by atoms with Crippen LogP contribution in [0.15, 0.2) is 47.4 Å². The van der Waals surface area contributed by atoms with E-state index in [2.05, 4.69) is 19.7 Å². The van der Waals surface area contributed by atoms with E-state index in [4.69, 9.17) is 0 Å². The molecule has 3 N–H and O–H groups in total. The molecule has 3 rings (SSSR count). The zero-order valence-corrected chi connectivity index (χ0v) is 18.1. The van der Waals surface area contributed by atoms with E-state index in [-0.39, 0.29) is 16.3 Å². The second-order valence-electron chi connectivity index (χ2n) is 7.07. The van der Waals surface area contributed by atoms with Gasteiger partial charge in [-0.1, -0.05) is 18.2 Å². The van der Waals surface area contributed by atoms with Crippen LogP contribution in [-0.2, 0) is 20.0 Å². The molecule has 0 radical (unpaired) electrons. The topological polar surface area (TPSA) is 108 Å². The number of sulfonamides is 2. The Morgan fingerprint density at radius 2 is 1.69 bits per heavy atom. The molecule has 2 aromatic carbocycles. The zero-order valence-electron chi connectivity index (χ0n) is 16.5. The highest BCUT2D eigenvalue weighted by Gasteiger charge is 2.20. The van der Waals surface area contributed by atoms with Gasteiger partial charge in [0.2, 0.25) is 10.0 Å². The summed E-state index contributed by atoms with van der Waals surface area (Å²) in [5, 5.41) is 3.32. The molecule has 1 heterocycles. The Labute approximate surface area is 172 Å². The Hall–Kier alpha value is -2.30. The largest absolute Gasteiger partial charge is 0.370 e. The third-order valence-corrected chi connectivity index (χ3v) is 6.75. The normalized spacial score (nSPS) is 15.6. The maximum atomic E-state index is 12.9. The second kappa shape index (κ2) is 8.60. The van der Waals surface area contributed by atoms with Crippen molar-refractivity contribution < 1.29 is 16.8 Å². The predicted molar refractivity (Wildman–Crippen MR) is 117 cm³/mol. The standard InChI is InChI=1S/C19H26N4O4S2/c1-15-6-3-4-7-19(15)29(26,27)22-17-9-8-16(14-18(17)21-28(2,24)25)23-12-5-10-20-11-13-23/h3-4,6-9,14,20-22H,5,10-13H2,1-2H3. The minimum absolute atomic E-state index is 0.146. The molecule has 0 unspecified atom stereocenters. The van der Waals surface area contributed by atoms with Crippen molar-refractivity contribution in [2.24, 2.45) is 0 Å². The monoisotopic (exact) mass is 438 g/mol. The maximum Gasteiger partial charge on any atom is 0.262 e. The van der Waals surface area contributed by atoms with Gasteiger partial charge in [-0.25, -0.2) is 16.8 Å². The molecule has 1 aliphatic heterocycles. The molecule has 1 fully saturated rings. The quantitative estimate of drug-likeness (QED) is 0.636. The van der Waals surface area contributed by atoms with Crippen molar-refractivity contribution in [3.8, 4) is 0 Å². The van der Waals surface area contributed by atoms with E-state index in [9.17, 15) is 16.8 Å². The second-order valence-corrected chi connectivity index (χ2v) is 10.5. The number of hydrogen-bond acceptors (Lipinski definition) is 6. The van der Waals surface area contributed by atoms with Crippen molar-refractivity contribution in [3.63, 3.8) is 0 Å². The van der Waals surface area contributed by atoms with E-state index in [0.29, 0.717) is 5.56 Å². The number of hydrogen-bond donors (Lipinski definition) is 3. The van der Waals surface area contributed by atoms with Crippen LogP contribution in [0.4, 0.5) is 17.1 Å². The molecule has 0 saturated carbocycles. The molecule has 0 spiro atoms. The molecule has 29 heavy (non-hydrogen) atoms. The lowest BCUT2D eigenvalue weighted by atomic mass is 10.2. The van der Waals surface area contributed by atoms with Crippen LogP contribution in [0.1, 0.15) is 12.0 Å². The summed E-state index contributed by atoms with van der Waals surface area (Å²) in [5.74, 6) is 0. The fourth-order valence-corrected chi connectivity index (χ4v) is 5.16. The Bertz CT molecular complexity index is 1080. The van der Waals surface area contributed by atoms with Crippen molar-refractivity contribution in [2.45, 2.75) is 18.2 Å². The fraction of sp³-hybridized carbons (Fsp3) is 0.368. The molecule has 2 aromatic rings. The summed E-state index contributed by atoms with van der Waals surface area (Å²) in [7, 11) is -7.47. The number of nitrogens with zero attached hydrogens (tertiary/aromatic N) is 1. The molecule has 0 aromatic heterocycles. The van der Waals surface area contributed by atoms with Crippen LogP contribution in [0, 0.1) is 6.92 Å². The molecular formula is C19H26N4O4S2. The summed E-state index contributed by atoms with van der Waals surface area (Å²) in [6.07, 6.45) is 2.01. The van der Waals surface area contributed by atoms with Crippen LogP contribution in [0.5, 0.6) is 0 Å². The van der Waals surface area contributed by atoms with E-state index in [1.807, 2.05) is 0 Å². The van der Waals surface area contributed by atoms with Gasteiger partial charge in [0.05, 0.1) is 22.5 Å². The van der Waals surface area contributed by atoms with E-state index in [1.165, 1.54) is 6.07 Å². The molecular weight excluding hydrogens is 412 g/mol. The van der Waals surface area contributed by atoms with Gasteiger partial charge in [0.25, 0.3) is 10.0 Å². The molecule has 0 aliphatic carbocycles. The molecule has 1 aliphatic rings. The van der Waals surface area contributed by atoms with Gasteiger partial charge in [-0.3, -0.25) is 9.44 Å². The van der Waals surface area contributed by atoms with Crippen molar-refractivity contribution in [3.05, 3.63) is 48.0 Å². The van der Waals surface area contributed by atoms with E-state index in [1.54, 1.807) is 43.3 Å². The first-order chi connectivity index (χ1) is 13.7. The lowest BCUT2D eigenvalue weighted by Gasteiger charge is -2.24. The van der Waals surface area contributed by atoms with Gasteiger partial charge < -0.3 is 10.2 Å². The smallest absolute Gasteiger partial charge is 0.262 e. The third kappa shape index (κ3) is 5.62. The number of anilines is 3. The highest BCUT2D eigenvalue weighted by molar-refractivity contribution is 7.93. The van der Waals surface area contributed by atoms with Crippen molar-refractivity contribution in [2.75, 3.05) is 46.8 Å². The van der Waals surface area contributed by atoms with Crippen molar-refractivity contribution in [1.29, 1.82) is 0 Å². The maximum absolute atomic E-state index is 12.9. The Morgan fingerprint density at radius 3 is 2.41 bits per heavy atom. The van der Waals surface area contributed by atoms with Crippen LogP contribution in [0.2, 0.25) is 0 Å². The van der Waals surface area contributed by atoms with Gasteiger partial charge in [-0.2, -0.15) is 0 Å². The highest BCUT2D eigenvalue weighted by Crippen LogP contribution is 2.31. The van der Waals surface area contributed by atoms with Crippen LogP contribution >= 0.6 is 0 Å². The minimum atomic E-state index is -3.87. The summed E-state index contributed by atoms with van der Waals surface area (Å²) >= 11 is 0. The highest BCUT2D eigenvalue weighted by atomic mass is 32.2. The molecule has 0 atom stereocenters. The summed E-state index contributed by atoms with van der Waals surface area (Å²) in [5.41, 5.74) is 1.81. The van der Waals surface area contributed by atoms with Gasteiger partial charge in [0, 0.05) is 25.3 Å². The lowest BCUT2D eigenvalue weighted by Crippen LogP contribution is -2.28. The predicted octanol–water partition coefficient (Wildman–Crippen LogP) is 1.97. The summed E-state index contributed by atoms with van der Waals surface area (Å²) in [4.78, 5) is 2.29. The zero-order chi connectivity index (χ0) is 21.1. The van der Waals surface area contributed by atoms with Gasteiger partial charge in [-0.05, 0) is 49.7 Å². The average Bonchev–Trinajstić information content (AvgIpc) is 2.91. The van der Waals surface area contributed by atoms with Gasteiger partial charge in [0.1, 0.15) is 0 Å². The van der Waals surface area contributed by atoms with Crippen LogP contribution in [-0.4, -0.2) is 49.3 Å². The molecule has 1 saturated heterocycles. The number of rotatable bonds is 6. The Morgan fingerprint density at radius 1 is 0.931 bits per heavy atom. The Balaban J connectivity index is 1.98. The first-order valence-electron chi connectivity index (χ1n) is 9.32. The fourth-order valence-electron chi connectivity index (χ4n) is 3.26. The Kier molecular flexibility index (Phi) is 6.35. The van der Waals surface area contributed by atoms with E-state index < -0.39 is 20.0 Å². The molecule has 0 bridgehead atoms. The van der Waals surface area contributed by atoms with Crippen LogP contribution in [0.3, 0.4) is 0 Å². The van der Waals surface area contributed by atoms with Crippen LogP contribution < -0.4 is 19.7 Å². The van der Waals surface area contributed by atoms with E-state index in [0.717, 1.165) is 44.5 Å². The minimum Gasteiger partial charge on any atom is -0.370 e. The summed E-state index contributed by atoms with van der Waals surface area (Å²) < 4.78 is 54.4. The summed E-state index contributed by atoms with van der Waals surface area (Å²) in [6, 6.07) is 11.7. The number of benzene rings is 2. The van der Waals surface area contributed by atoms with Gasteiger partial charge >= 0.3 is 0 Å². The van der Waals surface area contributed by atoms with Crippen molar-refractivity contribution >= 4 is 37.1 Å². The van der Waals surface area contributed by atoms with E-state index >= 15 is 0 Å². The molecule has 0 amide bonds. The molecule has 8 nitrogen and oxygen atoms in total. The first-order valence-corrected chi connectivity index (χ1v) is 12.7. The van der Waals surface area contributed by atoms with Gasteiger partial charge in [0.15, 0.2) is 0 Å². The average molecular weight is 439 g/mol. The first kappa shape index (κ1) is 21.4. The molecule has 10 heteroatoms. The third-order valence-electron chi connectivity index (χ3n) is 4.63. The van der Waals surface area contributed by atoms with Crippen molar-refractivity contribution in [1.82, 2.24) is 5.32 Å². The number of aryl methyl sites for hydroxylation is 1. The lowest BCUT2D eigenvalue weighted by molar-refractivity contribution is 0.600. The number of nitrogens with one attached hydrogen (secondary N) is 3. The van der Waals surface area contributed by atoms with Crippen LogP contribution in [0.25, 0.3) is 0 Å². The molecule has 158 valence electrons.